The number of ether oxygens (including phenoxy) is 1. The van der Waals surface area contributed by atoms with Crippen LogP contribution in [-0.2, 0) is 9.53 Å². The van der Waals surface area contributed by atoms with Crippen LogP contribution in [-0.4, -0.2) is 60.9 Å². The molecule has 1 saturated heterocycles. The second-order valence-corrected chi connectivity index (χ2v) is 5.39. The van der Waals surface area contributed by atoms with Crippen LogP contribution in [0.1, 0.15) is 13.8 Å². The summed E-state index contributed by atoms with van der Waals surface area (Å²) >= 11 is 0. The molecule has 0 aliphatic carbocycles. The zero-order valence-electron chi connectivity index (χ0n) is 12.7. The van der Waals surface area contributed by atoms with E-state index in [-0.39, 0.29) is 24.7 Å². The van der Waals surface area contributed by atoms with Crippen molar-refractivity contribution in [2.45, 2.75) is 26.0 Å². The van der Waals surface area contributed by atoms with E-state index in [0.29, 0.717) is 26.2 Å². The van der Waals surface area contributed by atoms with Gasteiger partial charge in [-0.2, -0.15) is 0 Å². The zero-order valence-corrected chi connectivity index (χ0v) is 12.7. The van der Waals surface area contributed by atoms with Gasteiger partial charge >= 0.3 is 0 Å². The number of nitrogens with zero attached hydrogens (tertiary/aromatic N) is 2. The van der Waals surface area contributed by atoms with E-state index in [9.17, 15) is 9.90 Å². The minimum atomic E-state index is -0.194. The Hall–Kier alpha value is -1.43. The first-order valence-electron chi connectivity index (χ1n) is 7.47. The fraction of sp³-hybridized carbons (Fsp3) is 0.562. The highest BCUT2D eigenvalue weighted by molar-refractivity contribution is 5.94. The van der Waals surface area contributed by atoms with Crippen LogP contribution in [0.25, 0.3) is 0 Å². The second-order valence-electron chi connectivity index (χ2n) is 5.39. The maximum atomic E-state index is 12.6. The number of amides is 1. The standard InChI is InChI=1S/C16H24N2O3/c1-3-18(14-7-5-4-6-8-14)16(20)10-17-9-15(11-19)21-12-13(17)2/h4-8,13,15,19H,3,9-12H2,1-2H3. The Morgan fingerprint density at radius 2 is 2.14 bits per heavy atom. The van der Waals surface area contributed by atoms with Crippen LogP contribution in [0.15, 0.2) is 30.3 Å². The molecule has 5 heteroatoms. The van der Waals surface area contributed by atoms with Crippen molar-refractivity contribution in [1.29, 1.82) is 0 Å². The van der Waals surface area contributed by atoms with Gasteiger partial charge in [-0.3, -0.25) is 9.69 Å². The number of carbonyl (C=O) groups is 1. The first-order chi connectivity index (χ1) is 10.2. The van der Waals surface area contributed by atoms with Gasteiger partial charge in [-0.15, -0.1) is 0 Å². The van der Waals surface area contributed by atoms with Crippen LogP contribution in [0, 0.1) is 0 Å². The highest BCUT2D eigenvalue weighted by Crippen LogP contribution is 2.16. The summed E-state index contributed by atoms with van der Waals surface area (Å²) in [5.41, 5.74) is 0.921. The number of aliphatic hydroxyl groups is 1. The first-order valence-corrected chi connectivity index (χ1v) is 7.47. The Morgan fingerprint density at radius 1 is 1.43 bits per heavy atom. The summed E-state index contributed by atoms with van der Waals surface area (Å²) < 4.78 is 5.51. The first kappa shape index (κ1) is 15.9. The van der Waals surface area contributed by atoms with Crippen molar-refractivity contribution in [3.05, 3.63) is 30.3 Å². The maximum absolute atomic E-state index is 12.6. The van der Waals surface area contributed by atoms with Gasteiger partial charge in [0.2, 0.25) is 5.91 Å². The quantitative estimate of drug-likeness (QED) is 0.883. The molecule has 2 rings (SSSR count). The molecule has 1 amide bonds. The van der Waals surface area contributed by atoms with Gasteiger partial charge in [-0.1, -0.05) is 18.2 Å². The molecular formula is C16H24N2O3. The van der Waals surface area contributed by atoms with E-state index in [4.69, 9.17) is 4.74 Å². The summed E-state index contributed by atoms with van der Waals surface area (Å²) in [6.07, 6.45) is -0.194. The van der Waals surface area contributed by atoms with Gasteiger partial charge in [0.15, 0.2) is 0 Å². The van der Waals surface area contributed by atoms with Crippen molar-refractivity contribution in [2.24, 2.45) is 0 Å². The molecule has 1 aromatic carbocycles. The number of hydrogen-bond acceptors (Lipinski definition) is 4. The van der Waals surface area contributed by atoms with Crippen LogP contribution >= 0.6 is 0 Å². The molecule has 0 spiro atoms. The molecule has 1 aliphatic heterocycles. The van der Waals surface area contributed by atoms with Gasteiger partial charge in [-0.25, -0.2) is 0 Å². The Kier molecular flexibility index (Phi) is 5.73. The maximum Gasteiger partial charge on any atom is 0.241 e. The van der Waals surface area contributed by atoms with E-state index in [1.807, 2.05) is 44.2 Å². The molecule has 1 N–H and O–H groups in total. The molecular weight excluding hydrogens is 268 g/mol. The largest absolute Gasteiger partial charge is 0.394 e. The summed E-state index contributed by atoms with van der Waals surface area (Å²) in [7, 11) is 0. The molecule has 0 saturated carbocycles. The minimum absolute atomic E-state index is 0.00636. The van der Waals surface area contributed by atoms with E-state index in [2.05, 4.69) is 4.90 Å². The normalized spacial score (nSPS) is 23.0. The molecule has 116 valence electrons. The van der Waals surface area contributed by atoms with Crippen LogP contribution in [0.2, 0.25) is 0 Å². The van der Waals surface area contributed by atoms with Crippen molar-refractivity contribution in [3.8, 4) is 0 Å². The van der Waals surface area contributed by atoms with Gasteiger partial charge in [0.1, 0.15) is 0 Å². The van der Waals surface area contributed by atoms with Crippen molar-refractivity contribution in [3.63, 3.8) is 0 Å². The average Bonchev–Trinajstić information content (AvgIpc) is 2.51. The molecule has 2 atom stereocenters. The minimum Gasteiger partial charge on any atom is -0.394 e. The van der Waals surface area contributed by atoms with Crippen molar-refractivity contribution in [1.82, 2.24) is 4.90 Å². The van der Waals surface area contributed by atoms with Crippen molar-refractivity contribution in [2.75, 3.05) is 37.7 Å². The third-order valence-electron chi connectivity index (χ3n) is 3.86. The van der Waals surface area contributed by atoms with E-state index < -0.39 is 0 Å². The smallest absolute Gasteiger partial charge is 0.241 e. The monoisotopic (exact) mass is 292 g/mol. The number of rotatable bonds is 5. The Morgan fingerprint density at radius 3 is 2.76 bits per heavy atom. The number of para-hydroxylation sites is 1. The van der Waals surface area contributed by atoms with E-state index in [0.717, 1.165) is 5.69 Å². The summed E-state index contributed by atoms with van der Waals surface area (Å²) in [4.78, 5) is 16.4. The van der Waals surface area contributed by atoms with Crippen LogP contribution in [0.4, 0.5) is 5.69 Å². The number of aliphatic hydroxyl groups excluding tert-OH is 1. The number of hydrogen-bond donors (Lipinski definition) is 1. The van der Waals surface area contributed by atoms with Gasteiger partial charge in [0, 0.05) is 24.8 Å². The SMILES string of the molecule is CCN(C(=O)CN1CC(CO)OCC1C)c1ccccc1. The number of anilines is 1. The zero-order chi connectivity index (χ0) is 15.2. The second kappa shape index (κ2) is 7.54. The molecule has 0 bridgehead atoms. The lowest BCUT2D eigenvalue weighted by Crippen LogP contribution is -2.53. The predicted octanol–water partition coefficient (Wildman–Crippen LogP) is 1.12. The predicted molar refractivity (Wildman–Crippen MR) is 82.3 cm³/mol. The molecule has 0 radical (unpaired) electrons. The number of morpholine rings is 1. The summed E-state index contributed by atoms with van der Waals surface area (Å²) in [5, 5.41) is 9.22. The molecule has 1 fully saturated rings. The van der Waals surface area contributed by atoms with Crippen molar-refractivity contribution >= 4 is 11.6 Å². The number of benzene rings is 1. The molecule has 0 aromatic heterocycles. The Labute approximate surface area is 126 Å². The van der Waals surface area contributed by atoms with Gasteiger partial charge < -0.3 is 14.7 Å². The molecule has 2 unspecified atom stereocenters. The van der Waals surface area contributed by atoms with E-state index >= 15 is 0 Å². The fourth-order valence-electron chi connectivity index (χ4n) is 2.58. The summed E-state index contributed by atoms with van der Waals surface area (Å²) in [6.45, 7) is 6.15. The molecule has 5 nitrogen and oxygen atoms in total. The third-order valence-corrected chi connectivity index (χ3v) is 3.86. The van der Waals surface area contributed by atoms with Gasteiger partial charge in [0.05, 0.1) is 25.9 Å². The summed E-state index contributed by atoms with van der Waals surface area (Å²) in [5.74, 6) is 0.0779. The fourth-order valence-corrected chi connectivity index (χ4v) is 2.58. The summed E-state index contributed by atoms with van der Waals surface area (Å²) in [6, 6.07) is 9.89. The number of likely N-dealkylation sites (N-methyl/N-ethyl adjacent to an activating group) is 1. The Bertz CT molecular complexity index is 452. The number of carbonyl (C=O) groups excluding carboxylic acids is 1. The van der Waals surface area contributed by atoms with Gasteiger partial charge in [-0.05, 0) is 26.0 Å². The lowest BCUT2D eigenvalue weighted by atomic mass is 10.2. The van der Waals surface area contributed by atoms with E-state index in [1.54, 1.807) is 4.90 Å². The highest BCUT2D eigenvalue weighted by atomic mass is 16.5. The molecule has 21 heavy (non-hydrogen) atoms. The highest BCUT2D eigenvalue weighted by Gasteiger charge is 2.28. The average molecular weight is 292 g/mol. The lowest BCUT2D eigenvalue weighted by molar-refractivity contribution is -0.125. The van der Waals surface area contributed by atoms with Gasteiger partial charge in [0.25, 0.3) is 0 Å². The molecule has 1 heterocycles. The lowest BCUT2D eigenvalue weighted by Gasteiger charge is -2.37. The van der Waals surface area contributed by atoms with E-state index in [1.165, 1.54) is 0 Å². The van der Waals surface area contributed by atoms with Crippen LogP contribution in [0.3, 0.4) is 0 Å². The molecule has 1 aromatic rings. The third kappa shape index (κ3) is 4.03. The van der Waals surface area contributed by atoms with Crippen LogP contribution in [0.5, 0.6) is 0 Å². The van der Waals surface area contributed by atoms with Crippen LogP contribution < -0.4 is 4.90 Å². The van der Waals surface area contributed by atoms with Crippen molar-refractivity contribution < 1.29 is 14.6 Å². The topological polar surface area (TPSA) is 53.0 Å². The molecule has 1 aliphatic rings. The Balaban J connectivity index is 2.01.